The SMILES string of the molecule is CC1(C)[C@H]2C[C@H](NC(=O)[C@H](O)C3CCCC3)[C@@H](CC=CCCCC(=O)O)[C@@H]1C2. The standard InChI is InChI=1S/C23H37NO4/c1-23(2)16-13-18(23)17(11-5-3-4-6-12-20(25)26)19(14-16)24-22(28)21(27)15-9-7-8-10-15/h3,5,15-19,21,27H,4,6-14H2,1-2H3,(H,24,28)(H,25,26)/t16-,17+,18+,19+,21-/m1/s1. The molecule has 1 amide bonds. The van der Waals surface area contributed by atoms with E-state index >= 15 is 0 Å². The predicted octanol–water partition coefficient (Wildman–Crippen LogP) is 3.91. The van der Waals surface area contributed by atoms with Crippen molar-refractivity contribution in [3.63, 3.8) is 0 Å². The largest absolute Gasteiger partial charge is 0.481 e. The monoisotopic (exact) mass is 391 g/mol. The van der Waals surface area contributed by atoms with E-state index in [0.29, 0.717) is 29.6 Å². The average Bonchev–Trinajstić information content (AvgIpc) is 3.18. The fourth-order valence-electron chi connectivity index (χ4n) is 5.94. The quantitative estimate of drug-likeness (QED) is 0.411. The molecular weight excluding hydrogens is 354 g/mol. The lowest BCUT2D eigenvalue weighted by Crippen LogP contribution is -2.62. The Balaban J connectivity index is 1.56. The summed E-state index contributed by atoms with van der Waals surface area (Å²) in [6.45, 7) is 4.70. The van der Waals surface area contributed by atoms with Crippen molar-refractivity contribution < 1.29 is 19.8 Å². The van der Waals surface area contributed by atoms with Crippen molar-refractivity contribution in [2.24, 2.45) is 29.1 Å². The Morgan fingerprint density at radius 3 is 2.54 bits per heavy atom. The Bertz CT molecular complexity index is 593. The molecule has 5 heteroatoms. The molecule has 4 saturated carbocycles. The van der Waals surface area contributed by atoms with E-state index in [1.54, 1.807) is 0 Å². The van der Waals surface area contributed by atoms with Crippen LogP contribution in [0.3, 0.4) is 0 Å². The molecule has 5 nitrogen and oxygen atoms in total. The Kier molecular flexibility index (Phi) is 6.85. The number of carbonyl (C=O) groups excluding carboxylic acids is 1. The van der Waals surface area contributed by atoms with Gasteiger partial charge in [0, 0.05) is 12.5 Å². The zero-order valence-corrected chi connectivity index (χ0v) is 17.4. The number of fused-ring (bicyclic) bond motifs is 2. The number of carbonyl (C=O) groups is 2. The fourth-order valence-corrected chi connectivity index (χ4v) is 5.94. The van der Waals surface area contributed by atoms with Crippen molar-refractivity contribution >= 4 is 11.9 Å². The fraction of sp³-hybridized carbons (Fsp3) is 0.826. The van der Waals surface area contributed by atoms with Crippen molar-refractivity contribution in [3.8, 4) is 0 Å². The van der Waals surface area contributed by atoms with Crippen LogP contribution < -0.4 is 5.32 Å². The van der Waals surface area contributed by atoms with Crippen LogP contribution in [0.2, 0.25) is 0 Å². The normalized spacial score (nSPS) is 32.8. The second-order valence-electron chi connectivity index (χ2n) is 9.86. The van der Waals surface area contributed by atoms with Crippen LogP contribution >= 0.6 is 0 Å². The Labute approximate surface area is 169 Å². The van der Waals surface area contributed by atoms with Crippen molar-refractivity contribution in [3.05, 3.63) is 12.2 Å². The highest BCUT2D eigenvalue weighted by molar-refractivity contribution is 5.81. The van der Waals surface area contributed by atoms with Crippen LogP contribution in [0.1, 0.15) is 78.1 Å². The highest BCUT2D eigenvalue weighted by Crippen LogP contribution is 2.62. The van der Waals surface area contributed by atoms with Gasteiger partial charge >= 0.3 is 5.97 Å². The minimum Gasteiger partial charge on any atom is -0.481 e. The molecule has 0 saturated heterocycles. The first-order valence-corrected chi connectivity index (χ1v) is 11.2. The predicted molar refractivity (Wildman–Crippen MR) is 109 cm³/mol. The summed E-state index contributed by atoms with van der Waals surface area (Å²) in [5, 5.41) is 22.4. The molecule has 0 radical (unpaired) electrons. The van der Waals surface area contributed by atoms with E-state index in [9.17, 15) is 14.7 Å². The van der Waals surface area contributed by atoms with Crippen molar-refractivity contribution in [1.82, 2.24) is 5.32 Å². The number of allylic oxidation sites excluding steroid dienone is 2. The van der Waals surface area contributed by atoms with E-state index in [4.69, 9.17) is 5.11 Å². The summed E-state index contributed by atoms with van der Waals surface area (Å²) in [5.74, 6) is 0.863. The van der Waals surface area contributed by atoms with Crippen LogP contribution in [0.5, 0.6) is 0 Å². The molecule has 0 aliphatic heterocycles. The number of aliphatic hydroxyl groups excluding tert-OH is 1. The maximum absolute atomic E-state index is 12.7. The molecule has 0 aromatic carbocycles. The third kappa shape index (κ3) is 4.61. The van der Waals surface area contributed by atoms with Gasteiger partial charge in [0.15, 0.2) is 0 Å². The summed E-state index contributed by atoms with van der Waals surface area (Å²) in [6.07, 6.45) is 12.4. The van der Waals surface area contributed by atoms with Crippen molar-refractivity contribution in [1.29, 1.82) is 0 Å². The summed E-state index contributed by atoms with van der Waals surface area (Å²) in [7, 11) is 0. The van der Waals surface area contributed by atoms with Crippen LogP contribution in [-0.2, 0) is 9.59 Å². The minimum absolute atomic E-state index is 0.127. The molecule has 158 valence electrons. The Hall–Kier alpha value is -1.36. The molecule has 0 aromatic rings. The first kappa shape index (κ1) is 21.4. The first-order chi connectivity index (χ1) is 13.3. The molecule has 4 fully saturated rings. The van der Waals surface area contributed by atoms with Gasteiger partial charge in [0.05, 0.1) is 0 Å². The number of rotatable bonds is 9. The molecule has 28 heavy (non-hydrogen) atoms. The number of nitrogens with one attached hydrogen (secondary N) is 1. The van der Waals surface area contributed by atoms with Crippen LogP contribution in [-0.4, -0.2) is 34.2 Å². The van der Waals surface area contributed by atoms with Crippen LogP contribution in [0, 0.1) is 29.1 Å². The lowest BCUT2D eigenvalue weighted by atomic mass is 9.44. The van der Waals surface area contributed by atoms with E-state index in [0.717, 1.165) is 44.9 Å². The van der Waals surface area contributed by atoms with Gasteiger partial charge in [-0.2, -0.15) is 0 Å². The van der Waals surface area contributed by atoms with E-state index in [-0.39, 0.29) is 24.3 Å². The van der Waals surface area contributed by atoms with E-state index in [1.165, 1.54) is 6.42 Å². The van der Waals surface area contributed by atoms with Crippen LogP contribution in [0.25, 0.3) is 0 Å². The molecule has 0 aromatic heterocycles. The number of hydrogen-bond acceptors (Lipinski definition) is 3. The lowest BCUT2D eigenvalue weighted by Gasteiger charge is -2.62. The number of amides is 1. The summed E-state index contributed by atoms with van der Waals surface area (Å²) in [6, 6.07) is 0.143. The number of aliphatic carboxylic acids is 1. The first-order valence-electron chi connectivity index (χ1n) is 11.2. The smallest absolute Gasteiger partial charge is 0.303 e. The number of hydrogen-bond donors (Lipinski definition) is 3. The van der Waals surface area contributed by atoms with Crippen LogP contribution in [0.15, 0.2) is 12.2 Å². The van der Waals surface area contributed by atoms with Crippen molar-refractivity contribution in [2.45, 2.75) is 90.2 Å². The van der Waals surface area contributed by atoms with Gasteiger partial charge in [-0.15, -0.1) is 0 Å². The van der Waals surface area contributed by atoms with Gasteiger partial charge in [-0.3, -0.25) is 9.59 Å². The topological polar surface area (TPSA) is 86.6 Å². The highest BCUT2D eigenvalue weighted by atomic mass is 16.4. The number of carboxylic acid groups (broad SMARTS) is 1. The maximum Gasteiger partial charge on any atom is 0.303 e. The Morgan fingerprint density at radius 2 is 1.89 bits per heavy atom. The molecule has 0 spiro atoms. The Morgan fingerprint density at radius 1 is 1.18 bits per heavy atom. The average molecular weight is 392 g/mol. The van der Waals surface area contributed by atoms with Crippen molar-refractivity contribution in [2.75, 3.05) is 0 Å². The minimum atomic E-state index is -0.860. The summed E-state index contributed by atoms with van der Waals surface area (Å²) < 4.78 is 0. The third-order valence-electron chi connectivity index (χ3n) is 7.90. The van der Waals surface area contributed by atoms with E-state index in [2.05, 4.69) is 31.3 Å². The number of aliphatic hydroxyl groups is 1. The molecule has 0 heterocycles. The zero-order chi connectivity index (χ0) is 20.3. The highest BCUT2D eigenvalue weighted by Gasteiger charge is 2.57. The second-order valence-corrected chi connectivity index (χ2v) is 9.86. The van der Waals surface area contributed by atoms with Gasteiger partial charge in [-0.25, -0.2) is 0 Å². The maximum atomic E-state index is 12.7. The lowest BCUT2D eigenvalue weighted by molar-refractivity contribution is -0.143. The van der Waals surface area contributed by atoms with E-state index < -0.39 is 12.1 Å². The molecule has 4 aliphatic carbocycles. The van der Waals surface area contributed by atoms with Gasteiger partial charge in [0.25, 0.3) is 0 Å². The summed E-state index contributed by atoms with van der Waals surface area (Å²) in [5.41, 5.74) is 0.326. The summed E-state index contributed by atoms with van der Waals surface area (Å²) >= 11 is 0. The zero-order valence-electron chi connectivity index (χ0n) is 17.4. The number of carboxylic acids is 1. The molecular formula is C23H37NO4. The molecule has 5 atom stereocenters. The molecule has 0 unspecified atom stereocenters. The summed E-state index contributed by atoms with van der Waals surface area (Å²) in [4.78, 5) is 23.3. The molecule has 4 rings (SSSR count). The van der Waals surface area contributed by atoms with E-state index in [1.807, 2.05) is 0 Å². The van der Waals surface area contributed by atoms with Crippen LogP contribution in [0.4, 0.5) is 0 Å². The molecule has 4 aliphatic rings. The van der Waals surface area contributed by atoms with Gasteiger partial charge in [-0.1, -0.05) is 38.8 Å². The van der Waals surface area contributed by atoms with Gasteiger partial charge in [-0.05, 0) is 74.0 Å². The number of unbranched alkanes of at least 4 members (excludes halogenated alkanes) is 1. The van der Waals surface area contributed by atoms with Gasteiger partial charge in [0.2, 0.25) is 5.91 Å². The molecule has 2 bridgehead atoms. The van der Waals surface area contributed by atoms with Gasteiger partial charge < -0.3 is 15.5 Å². The molecule has 3 N–H and O–H groups in total. The van der Waals surface area contributed by atoms with Gasteiger partial charge in [0.1, 0.15) is 6.10 Å². The second kappa shape index (κ2) is 8.98. The third-order valence-corrected chi connectivity index (χ3v) is 7.90.